The molecule has 5 nitrogen and oxygen atoms in total. The Morgan fingerprint density at radius 2 is 1.66 bits per heavy atom. The second kappa shape index (κ2) is 7.63. The molecule has 29 heavy (non-hydrogen) atoms. The van der Waals surface area contributed by atoms with Crippen molar-refractivity contribution in [3.8, 4) is 5.75 Å². The fourth-order valence-corrected chi connectivity index (χ4v) is 6.12. The molecule has 0 amide bonds. The number of methoxy groups -OCH3 is 1. The zero-order valence-corrected chi connectivity index (χ0v) is 18.7. The number of anilines is 2. The van der Waals surface area contributed by atoms with Gasteiger partial charge >= 0.3 is 0 Å². The summed E-state index contributed by atoms with van der Waals surface area (Å²) in [5, 5.41) is 2.85. The van der Waals surface area contributed by atoms with Crippen LogP contribution in [0.1, 0.15) is 12.5 Å². The summed E-state index contributed by atoms with van der Waals surface area (Å²) in [6.07, 6.45) is 1.01. The lowest BCUT2D eigenvalue weighted by atomic mass is 10.1. The van der Waals surface area contributed by atoms with E-state index >= 15 is 0 Å². The second-order valence-corrected chi connectivity index (χ2v) is 9.41. The van der Waals surface area contributed by atoms with Crippen molar-refractivity contribution in [3.63, 3.8) is 0 Å². The van der Waals surface area contributed by atoms with Crippen molar-refractivity contribution >= 4 is 65.0 Å². The SMILES string of the molecule is CCc1cccc2sc(N3CCN(c4nc5c(OC)ccc(Cl)c5s4)CC3)nc12. The van der Waals surface area contributed by atoms with Gasteiger partial charge in [0, 0.05) is 26.2 Å². The number of halogens is 1. The minimum atomic E-state index is 0.726. The number of thiazole rings is 2. The van der Waals surface area contributed by atoms with Gasteiger partial charge in [0.15, 0.2) is 10.3 Å². The molecular weight excluding hydrogens is 424 g/mol. The van der Waals surface area contributed by atoms with Gasteiger partial charge in [-0.25, -0.2) is 9.97 Å². The van der Waals surface area contributed by atoms with Gasteiger partial charge in [0.2, 0.25) is 0 Å². The molecule has 1 saturated heterocycles. The van der Waals surface area contributed by atoms with E-state index in [1.807, 2.05) is 12.1 Å². The monoisotopic (exact) mass is 444 g/mol. The maximum atomic E-state index is 6.39. The van der Waals surface area contributed by atoms with Crippen LogP contribution in [-0.4, -0.2) is 43.3 Å². The second-order valence-electron chi connectivity index (χ2n) is 7.01. The minimum absolute atomic E-state index is 0.726. The molecule has 8 heteroatoms. The molecule has 0 N–H and O–H groups in total. The molecule has 1 fully saturated rings. The van der Waals surface area contributed by atoms with Gasteiger partial charge in [0.25, 0.3) is 0 Å². The Kier molecular flexibility index (Phi) is 4.97. The van der Waals surface area contributed by atoms with Gasteiger partial charge < -0.3 is 14.5 Å². The van der Waals surface area contributed by atoms with Crippen LogP contribution in [0.4, 0.5) is 10.3 Å². The van der Waals surface area contributed by atoms with E-state index in [0.717, 1.165) is 69.4 Å². The fourth-order valence-electron chi connectivity index (χ4n) is 3.74. The number of aryl methyl sites for hydroxylation is 1. The lowest BCUT2D eigenvalue weighted by molar-refractivity contribution is 0.419. The first-order valence-corrected chi connectivity index (χ1v) is 11.7. The van der Waals surface area contributed by atoms with Crippen molar-refractivity contribution < 1.29 is 4.74 Å². The van der Waals surface area contributed by atoms with E-state index in [0.29, 0.717) is 0 Å². The van der Waals surface area contributed by atoms with E-state index in [1.165, 1.54) is 10.3 Å². The number of fused-ring (bicyclic) bond motifs is 2. The van der Waals surface area contributed by atoms with Crippen molar-refractivity contribution in [1.82, 2.24) is 9.97 Å². The van der Waals surface area contributed by atoms with Crippen LogP contribution in [0.25, 0.3) is 20.4 Å². The molecule has 5 rings (SSSR count). The molecule has 0 radical (unpaired) electrons. The maximum Gasteiger partial charge on any atom is 0.186 e. The van der Waals surface area contributed by atoms with E-state index in [2.05, 4.69) is 34.9 Å². The third kappa shape index (κ3) is 3.31. The number of para-hydroxylation sites is 1. The molecule has 0 unspecified atom stereocenters. The van der Waals surface area contributed by atoms with Crippen LogP contribution in [0, 0.1) is 0 Å². The van der Waals surface area contributed by atoms with Crippen LogP contribution in [0.3, 0.4) is 0 Å². The van der Waals surface area contributed by atoms with E-state index in [9.17, 15) is 0 Å². The zero-order chi connectivity index (χ0) is 20.0. The average molecular weight is 445 g/mol. The largest absolute Gasteiger partial charge is 0.494 e. The van der Waals surface area contributed by atoms with Gasteiger partial charge in [-0.3, -0.25) is 0 Å². The molecule has 0 spiro atoms. The highest BCUT2D eigenvalue weighted by molar-refractivity contribution is 7.23. The van der Waals surface area contributed by atoms with Crippen molar-refractivity contribution in [2.24, 2.45) is 0 Å². The Hall–Kier alpha value is -2.09. The highest BCUT2D eigenvalue weighted by atomic mass is 35.5. The molecule has 4 aromatic rings. The molecule has 0 bridgehead atoms. The van der Waals surface area contributed by atoms with Crippen LogP contribution < -0.4 is 14.5 Å². The highest BCUT2D eigenvalue weighted by Crippen LogP contribution is 2.39. The highest BCUT2D eigenvalue weighted by Gasteiger charge is 2.23. The Bertz CT molecular complexity index is 1180. The number of hydrogen-bond donors (Lipinski definition) is 0. The predicted octanol–water partition coefficient (Wildman–Crippen LogP) is 5.46. The molecule has 0 atom stereocenters. The van der Waals surface area contributed by atoms with E-state index < -0.39 is 0 Å². The number of hydrogen-bond acceptors (Lipinski definition) is 7. The summed E-state index contributed by atoms with van der Waals surface area (Å²) in [5.74, 6) is 0.770. The van der Waals surface area contributed by atoms with Gasteiger partial charge in [-0.15, -0.1) is 0 Å². The lowest BCUT2D eigenvalue weighted by Crippen LogP contribution is -2.46. The Morgan fingerprint density at radius 1 is 0.966 bits per heavy atom. The quantitative estimate of drug-likeness (QED) is 0.418. The summed E-state index contributed by atoms with van der Waals surface area (Å²) >= 11 is 9.81. The standard InChI is InChI=1S/C21H21ClN4OS2/c1-3-13-5-4-6-16-17(13)23-20(28-16)25-9-11-26(12-10-25)21-24-18-15(27-2)8-7-14(22)19(18)29-21/h4-8H,3,9-12H2,1-2H3. The summed E-state index contributed by atoms with van der Waals surface area (Å²) in [7, 11) is 1.67. The smallest absolute Gasteiger partial charge is 0.186 e. The van der Waals surface area contributed by atoms with Crippen LogP contribution in [0.5, 0.6) is 5.75 Å². The van der Waals surface area contributed by atoms with Gasteiger partial charge in [-0.2, -0.15) is 0 Å². The topological polar surface area (TPSA) is 41.5 Å². The number of benzene rings is 2. The molecule has 1 aliphatic heterocycles. The van der Waals surface area contributed by atoms with Crippen molar-refractivity contribution in [2.75, 3.05) is 43.1 Å². The van der Waals surface area contributed by atoms with Gasteiger partial charge in [-0.1, -0.05) is 53.3 Å². The summed E-state index contributed by atoms with van der Waals surface area (Å²) in [5.41, 5.74) is 3.33. The fraction of sp³-hybridized carbons (Fsp3) is 0.333. The summed E-state index contributed by atoms with van der Waals surface area (Å²) in [6.45, 7) is 5.88. The van der Waals surface area contributed by atoms with Gasteiger partial charge in [0.05, 0.1) is 27.0 Å². The van der Waals surface area contributed by atoms with Gasteiger partial charge in [0.1, 0.15) is 11.3 Å². The molecule has 3 heterocycles. The Morgan fingerprint density at radius 3 is 2.34 bits per heavy atom. The third-order valence-corrected chi connectivity index (χ3v) is 8.02. The molecule has 150 valence electrons. The van der Waals surface area contributed by atoms with Crippen LogP contribution >= 0.6 is 34.3 Å². The number of nitrogens with zero attached hydrogens (tertiary/aromatic N) is 4. The summed E-state index contributed by atoms with van der Waals surface area (Å²) in [4.78, 5) is 14.5. The number of aromatic nitrogens is 2. The number of rotatable bonds is 4. The van der Waals surface area contributed by atoms with Gasteiger partial charge in [-0.05, 0) is 30.2 Å². The predicted molar refractivity (Wildman–Crippen MR) is 125 cm³/mol. The average Bonchev–Trinajstić information content (AvgIpc) is 3.39. The van der Waals surface area contributed by atoms with Crippen molar-refractivity contribution in [2.45, 2.75) is 13.3 Å². The number of ether oxygens (including phenoxy) is 1. The van der Waals surface area contributed by atoms with E-state index in [-0.39, 0.29) is 0 Å². The lowest BCUT2D eigenvalue weighted by Gasteiger charge is -2.34. The molecule has 2 aromatic heterocycles. The van der Waals surface area contributed by atoms with E-state index in [4.69, 9.17) is 26.3 Å². The Balaban J connectivity index is 1.37. The molecule has 1 aliphatic rings. The first-order valence-electron chi connectivity index (χ1n) is 9.69. The first kappa shape index (κ1) is 18.9. The van der Waals surface area contributed by atoms with E-state index in [1.54, 1.807) is 29.8 Å². The summed E-state index contributed by atoms with van der Waals surface area (Å²) in [6, 6.07) is 10.2. The molecule has 0 saturated carbocycles. The third-order valence-electron chi connectivity index (χ3n) is 5.36. The van der Waals surface area contributed by atoms with Crippen molar-refractivity contribution in [3.05, 3.63) is 40.9 Å². The minimum Gasteiger partial charge on any atom is -0.494 e. The molecule has 2 aromatic carbocycles. The zero-order valence-electron chi connectivity index (χ0n) is 16.3. The van der Waals surface area contributed by atoms with Crippen LogP contribution in [0.15, 0.2) is 30.3 Å². The molecular formula is C21H21ClN4OS2. The van der Waals surface area contributed by atoms with Crippen LogP contribution in [-0.2, 0) is 6.42 Å². The normalized spacial score (nSPS) is 14.9. The number of piperazine rings is 1. The van der Waals surface area contributed by atoms with Crippen molar-refractivity contribution in [1.29, 1.82) is 0 Å². The Labute approximate surface area is 182 Å². The first-order chi connectivity index (χ1) is 14.2. The molecule has 0 aliphatic carbocycles. The summed E-state index contributed by atoms with van der Waals surface area (Å²) < 4.78 is 7.72. The maximum absolute atomic E-state index is 6.39. The van der Waals surface area contributed by atoms with Crippen LogP contribution in [0.2, 0.25) is 5.02 Å².